The van der Waals surface area contributed by atoms with Gasteiger partial charge in [-0.1, -0.05) is 30.3 Å². The first kappa shape index (κ1) is 13.5. The van der Waals surface area contributed by atoms with E-state index in [0.717, 1.165) is 49.4 Å². The van der Waals surface area contributed by atoms with Crippen molar-refractivity contribution in [1.29, 1.82) is 0 Å². The molecule has 1 N–H and O–H groups in total. The Hall–Kier alpha value is -2.17. The molecule has 0 bridgehead atoms. The molecule has 1 aliphatic rings. The number of nitrogens with one attached hydrogen (secondary N) is 1. The van der Waals surface area contributed by atoms with Gasteiger partial charge in [-0.05, 0) is 23.8 Å². The predicted molar refractivity (Wildman–Crippen MR) is 87.6 cm³/mol. The lowest BCUT2D eigenvalue weighted by Gasteiger charge is -2.27. The van der Waals surface area contributed by atoms with E-state index in [2.05, 4.69) is 33.4 Å². The highest BCUT2D eigenvalue weighted by Gasteiger charge is 2.15. The first-order chi connectivity index (χ1) is 10.9. The van der Waals surface area contributed by atoms with Gasteiger partial charge in [0.2, 0.25) is 5.89 Å². The first-order valence-electron chi connectivity index (χ1n) is 7.77. The summed E-state index contributed by atoms with van der Waals surface area (Å²) in [5.41, 5.74) is 4.12. The molecule has 4 rings (SSSR count). The molecule has 1 aromatic heterocycles. The maximum Gasteiger partial charge on any atom is 0.227 e. The number of hydrogen-bond donors (Lipinski definition) is 1. The van der Waals surface area contributed by atoms with Gasteiger partial charge in [0.15, 0.2) is 5.58 Å². The topological polar surface area (TPSA) is 41.3 Å². The third-order valence-corrected chi connectivity index (χ3v) is 4.15. The molecule has 22 heavy (non-hydrogen) atoms. The molecule has 2 aromatic carbocycles. The Labute approximate surface area is 129 Å². The lowest BCUT2D eigenvalue weighted by atomic mass is 10.1. The molecule has 112 valence electrons. The molecule has 4 heteroatoms. The lowest BCUT2D eigenvalue weighted by molar-refractivity contribution is 0.233. The molecule has 1 fully saturated rings. The maximum absolute atomic E-state index is 5.94. The van der Waals surface area contributed by atoms with Crippen LogP contribution in [0.15, 0.2) is 52.9 Å². The highest BCUT2D eigenvalue weighted by atomic mass is 16.3. The van der Waals surface area contributed by atoms with Gasteiger partial charge < -0.3 is 9.73 Å². The summed E-state index contributed by atoms with van der Waals surface area (Å²) in [6.07, 6.45) is 0. The third kappa shape index (κ3) is 2.63. The summed E-state index contributed by atoms with van der Waals surface area (Å²) in [5.74, 6) is 0.715. The highest BCUT2D eigenvalue weighted by molar-refractivity contribution is 5.76. The fourth-order valence-electron chi connectivity index (χ4n) is 2.96. The standard InChI is InChI=1S/C18H19N3O/c1-2-6-15(14(5-1)13-21-11-9-19-10-12-21)18-20-16-7-3-4-8-17(16)22-18/h1-8,19H,9-13H2. The predicted octanol–water partition coefficient (Wildman–Crippen LogP) is 2.90. The zero-order valence-corrected chi connectivity index (χ0v) is 12.5. The summed E-state index contributed by atoms with van der Waals surface area (Å²) in [6, 6.07) is 16.3. The van der Waals surface area contributed by atoms with Crippen molar-refractivity contribution in [1.82, 2.24) is 15.2 Å². The van der Waals surface area contributed by atoms with E-state index >= 15 is 0 Å². The van der Waals surface area contributed by atoms with Gasteiger partial charge in [0, 0.05) is 38.3 Å². The van der Waals surface area contributed by atoms with Crippen molar-refractivity contribution in [3.8, 4) is 11.5 Å². The summed E-state index contributed by atoms with van der Waals surface area (Å²) in [6.45, 7) is 5.23. The van der Waals surface area contributed by atoms with Crippen LogP contribution in [0, 0.1) is 0 Å². The average Bonchev–Trinajstić information content (AvgIpc) is 3.00. The van der Waals surface area contributed by atoms with E-state index in [9.17, 15) is 0 Å². The number of piperazine rings is 1. The molecule has 1 saturated heterocycles. The fourth-order valence-corrected chi connectivity index (χ4v) is 2.96. The maximum atomic E-state index is 5.94. The van der Waals surface area contributed by atoms with Crippen LogP contribution in [0.2, 0.25) is 0 Å². The minimum atomic E-state index is 0.715. The quantitative estimate of drug-likeness (QED) is 0.806. The molecule has 3 aromatic rings. The third-order valence-electron chi connectivity index (χ3n) is 4.15. The minimum absolute atomic E-state index is 0.715. The molecule has 2 heterocycles. The van der Waals surface area contributed by atoms with Crippen molar-refractivity contribution < 1.29 is 4.42 Å². The van der Waals surface area contributed by atoms with E-state index in [-0.39, 0.29) is 0 Å². The summed E-state index contributed by atoms with van der Waals surface area (Å²) in [5, 5.41) is 3.39. The van der Waals surface area contributed by atoms with E-state index in [1.165, 1.54) is 5.56 Å². The van der Waals surface area contributed by atoms with Crippen LogP contribution in [0.1, 0.15) is 5.56 Å². The average molecular weight is 293 g/mol. The monoisotopic (exact) mass is 293 g/mol. The number of benzene rings is 2. The Bertz CT molecular complexity index is 742. The molecule has 0 amide bonds. The second kappa shape index (κ2) is 5.91. The van der Waals surface area contributed by atoms with Crippen molar-refractivity contribution in [3.05, 3.63) is 54.1 Å². The van der Waals surface area contributed by atoms with Gasteiger partial charge in [-0.15, -0.1) is 0 Å². The molecular formula is C18H19N3O. The van der Waals surface area contributed by atoms with E-state index in [0.29, 0.717) is 5.89 Å². The van der Waals surface area contributed by atoms with Crippen LogP contribution in [0.25, 0.3) is 22.6 Å². The van der Waals surface area contributed by atoms with Crippen molar-refractivity contribution in [2.45, 2.75) is 6.54 Å². The highest BCUT2D eigenvalue weighted by Crippen LogP contribution is 2.27. The Morgan fingerprint density at radius 3 is 2.64 bits per heavy atom. The SMILES string of the molecule is c1ccc(-c2nc3ccccc3o2)c(CN2CCNCC2)c1. The number of rotatable bonds is 3. The van der Waals surface area contributed by atoms with Crippen LogP contribution >= 0.6 is 0 Å². The van der Waals surface area contributed by atoms with Gasteiger partial charge in [-0.3, -0.25) is 4.90 Å². The number of hydrogen-bond acceptors (Lipinski definition) is 4. The number of fused-ring (bicyclic) bond motifs is 1. The van der Waals surface area contributed by atoms with Crippen molar-refractivity contribution in [3.63, 3.8) is 0 Å². The van der Waals surface area contributed by atoms with Crippen LogP contribution in [0.5, 0.6) is 0 Å². The van der Waals surface area contributed by atoms with Gasteiger partial charge in [0.1, 0.15) is 5.52 Å². The smallest absolute Gasteiger partial charge is 0.227 e. The van der Waals surface area contributed by atoms with Crippen molar-refractivity contribution in [2.75, 3.05) is 26.2 Å². The van der Waals surface area contributed by atoms with Crippen LogP contribution in [-0.2, 0) is 6.54 Å². The van der Waals surface area contributed by atoms with Gasteiger partial charge >= 0.3 is 0 Å². The first-order valence-corrected chi connectivity index (χ1v) is 7.77. The van der Waals surface area contributed by atoms with Gasteiger partial charge in [-0.25, -0.2) is 4.98 Å². The van der Waals surface area contributed by atoms with Crippen molar-refractivity contribution >= 4 is 11.1 Å². The fraction of sp³-hybridized carbons (Fsp3) is 0.278. The second-order valence-corrected chi connectivity index (χ2v) is 5.67. The van der Waals surface area contributed by atoms with Gasteiger partial charge in [0.05, 0.1) is 0 Å². The molecule has 0 aliphatic carbocycles. The van der Waals surface area contributed by atoms with E-state index in [1.807, 2.05) is 30.3 Å². The van der Waals surface area contributed by atoms with E-state index in [1.54, 1.807) is 0 Å². The summed E-state index contributed by atoms with van der Waals surface area (Å²) >= 11 is 0. The van der Waals surface area contributed by atoms with Crippen LogP contribution in [0.3, 0.4) is 0 Å². The molecule has 0 saturated carbocycles. The lowest BCUT2D eigenvalue weighted by Crippen LogP contribution is -2.42. The second-order valence-electron chi connectivity index (χ2n) is 5.67. The Morgan fingerprint density at radius 2 is 1.77 bits per heavy atom. The van der Waals surface area contributed by atoms with Crippen LogP contribution in [-0.4, -0.2) is 36.1 Å². The van der Waals surface area contributed by atoms with E-state index in [4.69, 9.17) is 4.42 Å². The molecular weight excluding hydrogens is 274 g/mol. The number of para-hydroxylation sites is 2. The molecule has 0 atom stereocenters. The minimum Gasteiger partial charge on any atom is -0.436 e. The number of aromatic nitrogens is 1. The van der Waals surface area contributed by atoms with E-state index < -0.39 is 0 Å². The van der Waals surface area contributed by atoms with Crippen LogP contribution in [0.4, 0.5) is 0 Å². The molecule has 4 nitrogen and oxygen atoms in total. The number of nitrogens with zero attached hydrogens (tertiary/aromatic N) is 2. The summed E-state index contributed by atoms with van der Waals surface area (Å²) < 4.78 is 5.94. The Balaban J connectivity index is 1.68. The van der Waals surface area contributed by atoms with Gasteiger partial charge in [0.25, 0.3) is 0 Å². The Morgan fingerprint density at radius 1 is 1.00 bits per heavy atom. The van der Waals surface area contributed by atoms with Gasteiger partial charge in [-0.2, -0.15) is 0 Å². The molecule has 1 aliphatic heterocycles. The largest absolute Gasteiger partial charge is 0.436 e. The zero-order valence-electron chi connectivity index (χ0n) is 12.5. The zero-order chi connectivity index (χ0) is 14.8. The molecule has 0 unspecified atom stereocenters. The van der Waals surface area contributed by atoms with Crippen LogP contribution < -0.4 is 5.32 Å². The summed E-state index contributed by atoms with van der Waals surface area (Å²) in [7, 11) is 0. The van der Waals surface area contributed by atoms with Crippen molar-refractivity contribution in [2.24, 2.45) is 0 Å². The molecule has 0 radical (unpaired) electrons. The Kier molecular flexibility index (Phi) is 3.62. The number of oxazole rings is 1. The molecule has 0 spiro atoms. The summed E-state index contributed by atoms with van der Waals surface area (Å²) in [4.78, 5) is 7.11. The normalized spacial score (nSPS) is 16.2.